The Kier molecular flexibility index (Phi) is 26.3. The van der Waals surface area contributed by atoms with Crippen molar-refractivity contribution in [2.75, 3.05) is 0 Å². The van der Waals surface area contributed by atoms with E-state index in [-0.39, 0.29) is 52.8 Å². The van der Waals surface area contributed by atoms with E-state index in [1.807, 2.05) is 6.08 Å². The number of rotatable bonds is 1. The average Bonchev–Trinajstić information content (AvgIpc) is 1.93. The van der Waals surface area contributed by atoms with Gasteiger partial charge in [0.25, 0.3) is 0 Å². The number of allylic oxidation sites excluding steroid dienone is 1. The summed E-state index contributed by atoms with van der Waals surface area (Å²) in [4.78, 5) is 0. The quantitative estimate of drug-likeness (QED) is 0.385. The summed E-state index contributed by atoms with van der Waals surface area (Å²) in [6, 6.07) is 0. The minimum absolute atomic E-state index is 0. The van der Waals surface area contributed by atoms with Gasteiger partial charge in [0.2, 0.25) is 0 Å². The summed E-state index contributed by atoms with van der Waals surface area (Å²) in [6.07, 6.45) is 2.96. The zero-order valence-electron chi connectivity index (χ0n) is 11.3. The zero-order valence-corrected chi connectivity index (χ0v) is 13.4. The van der Waals surface area contributed by atoms with Gasteiger partial charge in [-0.3, -0.25) is 0 Å². The molecule has 0 aromatic heterocycles. The fourth-order valence-electron chi connectivity index (χ4n) is 0. The number of hydrogen-bond donors (Lipinski definition) is 0. The molecule has 20 heavy (non-hydrogen) atoms. The third-order valence-corrected chi connectivity index (χ3v) is 0.289. The van der Waals surface area contributed by atoms with Crippen LogP contribution in [0.15, 0.2) is 12.7 Å². The molecule has 0 amide bonds. The Bertz CT molecular complexity index is 156. The molecule has 0 bridgehead atoms. The summed E-state index contributed by atoms with van der Waals surface area (Å²) in [7, 11) is -18.0. The van der Waals surface area contributed by atoms with E-state index in [9.17, 15) is 51.8 Å². The van der Waals surface area contributed by atoms with Crippen molar-refractivity contribution in [2.24, 2.45) is 0 Å². The Morgan fingerprint density at radius 2 is 0.750 bits per heavy atom. The van der Waals surface area contributed by atoms with Crippen LogP contribution in [0.2, 0.25) is 0 Å². The fraction of sp³-hybridized carbons (Fsp3) is 0.500. The van der Waals surface area contributed by atoms with Crippen molar-refractivity contribution >= 4 is 21.8 Å². The van der Waals surface area contributed by atoms with Crippen LogP contribution >= 0.6 is 0 Å². The van der Waals surface area contributed by atoms with Crippen molar-refractivity contribution in [3.8, 4) is 0 Å². The summed E-state index contributed by atoms with van der Waals surface area (Å²) in [5, 5.41) is 0. The van der Waals surface area contributed by atoms with Gasteiger partial charge in [-0.1, -0.05) is 13.0 Å². The standard InChI is InChI=1S/C4H8.3BF4.K.H/c1-3-4-2;3*2-1(3,4)5;;/h3H,1,4H2,2H3;;;;;/q;3*-1;+1;-1. The third-order valence-electron chi connectivity index (χ3n) is 0.289. The molecule has 0 N–H and O–H groups in total. The first-order chi connectivity index (χ1) is 7.91. The summed E-state index contributed by atoms with van der Waals surface area (Å²) in [5.74, 6) is 0. The van der Waals surface area contributed by atoms with Crippen molar-refractivity contribution in [3.63, 3.8) is 0 Å². The first-order valence-corrected chi connectivity index (χ1v) is 4.14. The third kappa shape index (κ3) is 1960. The average molecular weight is 357 g/mol. The molecule has 0 saturated heterocycles. The van der Waals surface area contributed by atoms with Gasteiger partial charge < -0.3 is 53.2 Å². The molecular formula is C4H9B3F12K-3. The van der Waals surface area contributed by atoms with Gasteiger partial charge in [0.15, 0.2) is 0 Å². The summed E-state index contributed by atoms with van der Waals surface area (Å²) < 4.78 is 117. The summed E-state index contributed by atoms with van der Waals surface area (Å²) in [6.45, 7) is 5.54. The molecule has 0 aromatic rings. The van der Waals surface area contributed by atoms with Crippen LogP contribution < -0.4 is 51.4 Å². The van der Waals surface area contributed by atoms with Crippen LogP contribution in [0.4, 0.5) is 51.8 Å². The van der Waals surface area contributed by atoms with E-state index < -0.39 is 21.8 Å². The molecular weight excluding hydrogens is 348 g/mol. The minimum atomic E-state index is -6.00. The Hall–Kier alpha value is 0.731. The van der Waals surface area contributed by atoms with Gasteiger partial charge in [0.05, 0.1) is 0 Å². The van der Waals surface area contributed by atoms with E-state index in [1.54, 1.807) is 0 Å². The fourth-order valence-corrected chi connectivity index (χ4v) is 0. The van der Waals surface area contributed by atoms with Gasteiger partial charge in [-0.15, -0.1) is 6.58 Å². The van der Waals surface area contributed by atoms with E-state index in [0.29, 0.717) is 0 Å². The van der Waals surface area contributed by atoms with Crippen molar-refractivity contribution < 1.29 is 105 Å². The normalized spacial score (nSPS) is 10.2. The number of halogens is 12. The molecule has 0 atom stereocenters. The second kappa shape index (κ2) is 16.1. The molecule has 122 valence electrons. The van der Waals surface area contributed by atoms with Gasteiger partial charge in [0, 0.05) is 0 Å². The molecule has 0 heterocycles. The molecule has 0 aliphatic carbocycles. The van der Waals surface area contributed by atoms with Crippen LogP contribution in [0.3, 0.4) is 0 Å². The molecule has 0 saturated carbocycles. The van der Waals surface area contributed by atoms with E-state index in [4.69, 9.17) is 0 Å². The molecule has 0 unspecified atom stereocenters. The summed E-state index contributed by atoms with van der Waals surface area (Å²) >= 11 is 0. The Morgan fingerprint density at radius 3 is 0.750 bits per heavy atom. The molecule has 0 spiro atoms. The van der Waals surface area contributed by atoms with Gasteiger partial charge in [-0.25, -0.2) is 0 Å². The van der Waals surface area contributed by atoms with Crippen LogP contribution in [0, 0.1) is 0 Å². The van der Waals surface area contributed by atoms with Crippen LogP contribution in [-0.2, 0) is 0 Å². The first kappa shape index (κ1) is 32.6. The molecule has 0 aliphatic rings. The zero-order chi connectivity index (χ0) is 16.9. The SMILES string of the molecule is C=CCC.F[B-](F)(F)F.F[B-](F)(F)F.F[B-](F)(F)F.[H-].[K+]. The van der Waals surface area contributed by atoms with Gasteiger partial charge in [0.1, 0.15) is 0 Å². The predicted molar refractivity (Wildman–Crippen MR) is 52.2 cm³/mol. The smallest absolute Gasteiger partial charge is 1.00 e. The second-order valence-corrected chi connectivity index (χ2v) is 2.18. The van der Waals surface area contributed by atoms with Crippen molar-refractivity contribution in [2.45, 2.75) is 13.3 Å². The van der Waals surface area contributed by atoms with E-state index in [1.165, 1.54) is 0 Å². The van der Waals surface area contributed by atoms with Gasteiger partial charge in [-0.05, 0) is 6.42 Å². The Morgan fingerprint density at radius 1 is 0.700 bits per heavy atom. The van der Waals surface area contributed by atoms with E-state index in [2.05, 4.69) is 13.5 Å². The van der Waals surface area contributed by atoms with E-state index >= 15 is 0 Å². The maximum Gasteiger partial charge on any atom is 1.00 e. The van der Waals surface area contributed by atoms with Crippen LogP contribution in [0.1, 0.15) is 14.8 Å². The molecule has 0 rings (SSSR count). The van der Waals surface area contributed by atoms with E-state index in [0.717, 1.165) is 6.42 Å². The Labute approximate surface area is 151 Å². The van der Waals surface area contributed by atoms with Crippen molar-refractivity contribution in [1.82, 2.24) is 0 Å². The molecule has 0 fully saturated rings. The molecule has 16 heteroatoms. The van der Waals surface area contributed by atoms with Crippen LogP contribution in [0.25, 0.3) is 0 Å². The largest absolute Gasteiger partial charge is 1.00 e. The first-order valence-electron chi connectivity index (χ1n) is 4.14. The maximum absolute atomic E-state index is 9.75. The monoisotopic (exact) mass is 357 g/mol. The second-order valence-electron chi connectivity index (χ2n) is 2.18. The van der Waals surface area contributed by atoms with Crippen molar-refractivity contribution in [3.05, 3.63) is 12.7 Å². The number of hydrogen-bond acceptors (Lipinski definition) is 0. The van der Waals surface area contributed by atoms with Crippen molar-refractivity contribution in [1.29, 1.82) is 0 Å². The van der Waals surface area contributed by atoms with Gasteiger partial charge in [-0.2, -0.15) is 0 Å². The molecule has 0 aromatic carbocycles. The topological polar surface area (TPSA) is 0 Å². The minimum Gasteiger partial charge on any atom is -1.00 e. The molecule has 0 radical (unpaired) electrons. The molecule has 0 nitrogen and oxygen atoms in total. The predicted octanol–water partition coefficient (Wildman–Crippen LogP) is 2.60. The summed E-state index contributed by atoms with van der Waals surface area (Å²) in [5.41, 5.74) is 0. The van der Waals surface area contributed by atoms with Crippen LogP contribution in [0.5, 0.6) is 0 Å². The Balaban J connectivity index is -0.0000000347. The maximum atomic E-state index is 9.75. The van der Waals surface area contributed by atoms with Crippen LogP contribution in [-0.4, -0.2) is 21.8 Å². The van der Waals surface area contributed by atoms with Gasteiger partial charge >= 0.3 is 73.1 Å². The molecule has 0 aliphatic heterocycles.